The molecule has 3 aromatic heterocycles. The SMILES string of the molecule is C=CC(=O)N1CC2CNc3c(F)c(-c4c(O)ccc(F)c4F)nc4c3c(nc(=O)n4-c3c(C)ccnc3C(C)C)N2CC1C. The molecule has 1 saturated heterocycles. The zero-order valence-electron chi connectivity index (χ0n) is 24.5. The Labute approximate surface area is 250 Å². The maximum Gasteiger partial charge on any atom is 0.355 e. The third-order valence-electron chi connectivity index (χ3n) is 8.27. The summed E-state index contributed by atoms with van der Waals surface area (Å²) in [6, 6.07) is 2.59. The van der Waals surface area contributed by atoms with E-state index in [-0.39, 0.29) is 60.0 Å². The van der Waals surface area contributed by atoms with Crippen LogP contribution in [-0.2, 0) is 4.79 Å². The molecule has 2 aliphatic rings. The zero-order chi connectivity index (χ0) is 31.6. The van der Waals surface area contributed by atoms with Crippen LogP contribution in [0.1, 0.15) is 37.9 Å². The Morgan fingerprint density at radius 1 is 1.16 bits per heavy atom. The number of aromatic nitrogens is 4. The molecule has 0 aliphatic carbocycles. The highest BCUT2D eigenvalue weighted by molar-refractivity contribution is 6.02. The molecule has 0 saturated carbocycles. The molecule has 228 valence electrons. The quantitative estimate of drug-likeness (QED) is 0.329. The van der Waals surface area contributed by atoms with Gasteiger partial charge in [-0.25, -0.2) is 27.5 Å². The highest BCUT2D eigenvalue weighted by Gasteiger charge is 2.39. The van der Waals surface area contributed by atoms with Crippen LogP contribution < -0.4 is 15.9 Å². The summed E-state index contributed by atoms with van der Waals surface area (Å²) in [7, 11) is 0. The van der Waals surface area contributed by atoms with E-state index in [1.165, 1.54) is 10.6 Å². The van der Waals surface area contributed by atoms with E-state index in [9.17, 15) is 19.1 Å². The molecule has 1 amide bonds. The van der Waals surface area contributed by atoms with Crippen molar-refractivity contribution < 1.29 is 23.1 Å². The lowest BCUT2D eigenvalue weighted by molar-refractivity contribution is -0.128. The average molecular weight is 606 g/mol. The molecule has 1 fully saturated rings. The van der Waals surface area contributed by atoms with Gasteiger partial charge < -0.3 is 20.2 Å². The predicted molar refractivity (Wildman–Crippen MR) is 160 cm³/mol. The molecule has 0 radical (unpaired) electrons. The number of rotatable bonds is 4. The molecule has 6 rings (SSSR count). The number of piperazine rings is 1. The first-order valence-corrected chi connectivity index (χ1v) is 14.2. The van der Waals surface area contributed by atoms with Crippen LogP contribution in [0.5, 0.6) is 5.75 Å². The van der Waals surface area contributed by atoms with Crippen LogP contribution in [0.15, 0.2) is 41.8 Å². The van der Waals surface area contributed by atoms with Crippen molar-refractivity contribution in [3.8, 4) is 22.7 Å². The number of phenols is 1. The van der Waals surface area contributed by atoms with Gasteiger partial charge in [0.15, 0.2) is 23.1 Å². The molecular formula is C31H30F3N7O3. The van der Waals surface area contributed by atoms with Crippen LogP contribution in [0, 0.1) is 24.4 Å². The standard InChI is InChI=1S/C31H30F3N7O3/c1-6-20(43)39-13-17-11-36-26-22-29(40(17)12-16(39)5)38-31(44)41(28-15(4)9-10-35-25(28)14(2)3)30(22)37-27(24(26)34)21-19(42)8-7-18(32)23(21)33/h6-10,14,16-17,36,42H,1,11-13H2,2-5H3. The van der Waals surface area contributed by atoms with Crippen molar-refractivity contribution in [2.24, 2.45) is 0 Å². The summed E-state index contributed by atoms with van der Waals surface area (Å²) in [6.45, 7) is 11.6. The molecule has 44 heavy (non-hydrogen) atoms. The van der Waals surface area contributed by atoms with Gasteiger partial charge in [0.25, 0.3) is 0 Å². The van der Waals surface area contributed by atoms with Gasteiger partial charge in [-0.1, -0.05) is 20.4 Å². The minimum absolute atomic E-state index is 0.0853. The third kappa shape index (κ3) is 4.37. The number of carbonyl (C=O) groups excluding carboxylic acids is 1. The topological polar surface area (TPSA) is 116 Å². The Kier molecular flexibility index (Phi) is 7.05. The number of hydrogen-bond donors (Lipinski definition) is 2. The molecule has 0 bridgehead atoms. The minimum Gasteiger partial charge on any atom is -0.507 e. The van der Waals surface area contributed by atoms with Gasteiger partial charge in [0.1, 0.15) is 17.3 Å². The van der Waals surface area contributed by atoms with Crippen molar-refractivity contribution in [2.75, 3.05) is 29.9 Å². The largest absolute Gasteiger partial charge is 0.507 e. The fraction of sp³-hybridized carbons (Fsp3) is 0.323. The van der Waals surface area contributed by atoms with Crippen LogP contribution in [0.4, 0.5) is 24.7 Å². The predicted octanol–water partition coefficient (Wildman–Crippen LogP) is 4.41. The second-order valence-electron chi connectivity index (χ2n) is 11.4. The molecule has 4 aromatic rings. The Balaban J connectivity index is 1.73. The summed E-state index contributed by atoms with van der Waals surface area (Å²) in [4.78, 5) is 43.6. The number of phenolic OH excluding ortho intramolecular Hbond substituents is 1. The van der Waals surface area contributed by atoms with Crippen molar-refractivity contribution in [1.82, 2.24) is 24.4 Å². The number of aryl methyl sites for hydroxylation is 1. The Morgan fingerprint density at radius 3 is 2.61 bits per heavy atom. The van der Waals surface area contributed by atoms with Crippen LogP contribution >= 0.6 is 0 Å². The third-order valence-corrected chi connectivity index (χ3v) is 8.27. The van der Waals surface area contributed by atoms with E-state index in [2.05, 4.69) is 26.8 Å². The van der Waals surface area contributed by atoms with Gasteiger partial charge in [-0.2, -0.15) is 4.98 Å². The summed E-state index contributed by atoms with van der Waals surface area (Å²) < 4.78 is 47.4. The van der Waals surface area contributed by atoms with E-state index >= 15 is 8.78 Å². The van der Waals surface area contributed by atoms with Gasteiger partial charge in [0.2, 0.25) is 5.91 Å². The van der Waals surface area contributed by atoms with E-state index < -0.39 is 46.2 Å². The molecule has 13 heteroatoms. The molecule has 5 heterocycles. The first kappa shape index (κ1) is 29.1. The number of benzene rings is 1. The van der Waals surface area contributed by atoms with E-state index in [1.807, 2.05) is 25.7 Å². The van der Waals surface area contributed by atoms with Gasteiger partial charge in [-0.15, -0.1) is 0 Å². The highest BCUT2D eigenvalue weighted by Crippen LogP contribution is 2.43. The van der Waals surface area contributed by atoms with Crippen molar-refractivity contribution in [3.05, 3.63) is 76.2 Å². The first-order valence-electron chi connectivity index (χ1n) is 14.2. The Bertz CT molecular complexity index is 1930. The van der Waals surface area contributed by atoms with Gasteiger partial charge in [0, 0.05) is 31.9 Å². The number of fused-ring (bicyclic) bond motifs is 2. The lowest BCUT2D eigenvalue weighted by atomic mass is 10.0. The number of amides is 1. The molecule has 2 unspecified atom stereocenters. The van der Waals surface area contributed by atoms with Crippen molar-refractivity contribution >= 4 is 28.4 Å². The van der Waals surface area contributed by atoms with Crippen LogP contribution in [0.2, 0.25) is 0 Å². The van der Waals surface area contributed by atoms with E-state index in [0.717, 1.165) is 12.1 Å². The second-order valence-corrected chi connectivity index (χ2v) is 11.4. The molecule has 0 spiro atoms. The maximum atomic E-state index is 16.6. The monoisotopic (exact) mass is 605 g/mol. The number of anilines is 2. The van der Waals surface area contributed by atoms with E-state index in [1.54, 1.807) is 24.1 Å². The number of aromatic hydroxyl groups is 1. The number of pyridine rings is 2. The fourth-order valence-corrected chi connectivity index (χ4v) is 6.12. The number of hydrogen-bond acceptors (Lipinski definition) is 8. The average Bonchev–Trinajstić information content (AvgIpc) is 3.14. The lowest BCUT2D eigenvalue weighted by Gasteiger charge is -2.45. The smallest absolute Gasteiger partial charge is 0.355 e. The second kappa shape index (κ2) is 10.6. The Hall–Kier alpha value is -4.94. The molecule has 2 N–H and O–H groups in total. The van der Waals surface area contributed by atoms with Gasteiger partial charge in [-0.05, 0) is 49.6 Å². The van der Waals surface area contributed by atoms with Crippen molar-refractivity contribution in [1.29, 1.82) is 0 Å². The van der Waals surface area contributed by atoms with E-state index in [4.69, 9.17) is 0 Å². The van der Waals surface area contributed by atoms with Crippen LogP contribution in [-0.4, -0.2) is 67.2 Å². The first-order chi connectivity index (χ1) is 20.9. The van der Waals surface area contributed by atoms with Crippen molar-refractivity contribution in [2.45, 2.75) is 45.7 Å². The summed E-state index contributed by atoms with van der Waals surface area (Å²) in [5, 5.41) is 13.8. The number of nitrogens with zero attached hydrogens (tertiary/aromatic N) is 6. The summed E-state index contributed by atoms with van der Waals surface area (Å²) in [5.74, 6) is -4.89. The molecule has 1 aromatic carbocycles. The minimum atomic E-state index is -1.50. The van der Waals surface area contributed by atoms with Crippen molar-refractivity contribution in [3.63, 3.8) is 0 Å². The summed E-state index contributed by atoms with van der Waals surface area (Å²) in [5.41, 5.74) is -0.887. The van der Waals surface area contributed by atoms with Gasteiger partial charge in [0.05, 0.1) is 34.1 Å². The number of carbonyl (C=O) groups is 1. The molecule has 10 nitrogen and oxygen atoms in total. The normalized spacial score (nSPS) is 17.8. The zero-order valence-corrected chi connectivity index (χ0v) is 24.5. The van der Waals surface area contributed by atoms with Crippen LogP contribution in [0.25, 0.3) is 28.0 Å². The van der Waals surface area contributed by atoms with E-state index in [0.29, 0.717) is 16.9 Å². The molecule has 2 atom stereocenters. The fourth-order valence-electron chi connectivity index (χ4n) is 6.12. The molecular weight excluding hydrogens is 575 g/mol. The summed E-state index contributed by atoms with van der Waals surface area (Å²) >= 11 is 0. The lowest BCUT2D eigenvalue weighted by Crippen LogP contribution is -2.60. The maximum absolute atomic E-state index is 16.6. The Morgan fingerprint density at radius 2 is 1.91 bits per heavy atom. The molecule has 2 aliphatic heterocycles. The van der Waals surface area contributed by atoms with Gasteiger partial charge >= 0.3 is 5.69 Å². The summed E-state index contributed by atoms with van der Waals surface area (Å²) in [6.07, 6.45) is 2.83. The highest BCUT2D eigenvalue weighted by atomic mass is 19.2. The number of halogens is 3. The van der Waals surface area contributed by atoms with Crippen LogP contribution in [0.3, 0.4) is 0 Å². The number of nitrogens with one attached hydrogen (secondary N) is 1. The van der Waals surface area contributed by atoms with Gasteiger partial charge in [-0.3, -0.25) is 9.78 Å².